The minimum Gasteiger partial charge on any atom is -0.457 e. The largest absolute Gasteiger partial charge is 0.457 e. The van der Waals surface area contributed by atoms with Crippen molar-refractivity contribution in [1.82, 2.24) is 0 Å². The maximum absolute atomic E-state index is 12.0. The Morgan fingerprint density at radius 2 is 1.67 bits per heavy atom. The highest BCUT2D eigenvalue weighted by atomic mass is 32.2. The third kappa shape index (κ3) is 2.76. The molecule has 0 radical (unpaired) electrons. The topological polar surface area (TPSA) is 43.4 Å². The predicted molar refractivity (Wildman–Crippen MR) is 83.3 cm³/mol. The zero-order valence-electron chi connectivity index (χ0n) is 11.1. The summed E-state index contributed by atoms with van der Waals surface area (Å²) in [6.45, 7) is 0.281. The summed E-state index contributed by atoms with van der Waals surface area (Å²) in [6.07, 6.45) is 0. The van der Waals surface area contributed by atoms with Crippen molar-refractivity contribution >= 4 is 34.5 Å². The van der Waals surface area contributed by atoms with Gasteiger partial charge in [0.2, 0.25) is 0 Å². The number of hydrogen-bond acceptors (Lipinski definition) is 4. The highest BCUT2D eigenvalue weighted by Gasteiger charge is 2.26. The van der Waals surface area contributed by atoms with E-state index >= 15 is 0 Å². The number of hydrogen-bond donors (Lipinski definition) is 0. The van der Waals surface area contributed by atoms with Gasteiger partial charge >= 0.3 is 5.97 Å². The molecule has 0 bridgehead atoms. The predicted octanol–water partition coefficient (Wildman–Crippen LogP) is 3.44. The molecule has 0 spiro atoms. The van der Waals surface area contributed by atoms with Gasteiger partial charge in [-0.15, -0.1) is 0 Å². The Kier molecular flexibility index (Phi) is 3.88. The van der Waals surface area contributed by atoms with E-state index in [1.807, 2.05) is 54.6 Å². The molecule has 2 aromatic carbocycles. The van der Waals surface area contributed by atoms with Gasteiger partial charge < -0.3 is 4.74 Å². The average Bonchev–Trinajstić information content (AvgIpc) is 2.91. The number of carbonyl (C=O) groups excluding carboxylic acids is 2. The average molecular weight is 296 g/mol. The second kappa shape index (κ2) is 5.97. The summed E-state index contributed by atoms with van der Waals surface area (Å²) >= 11 is 1.13. The lowest BCUT2D eigenvalue weighted by Gasteiger charge is -2.05. The first-order valence-electron chi connectivity index (χ1n) is 6.46. The first-order chi connectivity index (χ1) is 10.3. The summed E-state index contributed by atoms with van der Waals surface area (Å²) < 4.78 is 5.19. The van der Waals surface area contributed by atoms with Gasteiger partial charge in [-0.2, -0.15) is 0 Å². The van der Waals surface area contributed by atoms with Gasteiger partial charge in [0.25, 0.3) is 0 Å². The smallest absolute Gasteiger partial charge is 0.339 e. The van der Waals surface area contributed by atoms with Crippen LogP contribution in [0.5, 0.6) is 0 Å². The fourth-order valence-electron chi connectivity index (χ4n) is 2.32. The van der Waals surface area contributed by atoms with Crippen LogP contribution in [0, 0.1) is 0 Å². The van der Waals surface area contributed by atoms with Crippen LogP contribution in [0.15, 0.2) is 59.5 Å². The van der Waals surface area contributed by atoms with Crippen molar-refractivity contribution in [2.24, 2.45) is 0 Å². The minimum atomic E-state index is -0.289. The molecule has 21 heavy (non-hydrogen) atoms. The Morgan fingerprint density at radius 1 is 0.952 bits per heavy atom. The SMILES string of the molecule is O=CSc1ccc(C2=C(c3ccccc3)C(=O)OC2)cc1. The van der Waals surface area contributed by atoms with Crippen molar-refractivity contribution in [3.63, 3.8) is 0 Å². The molecule has 0 amide bonds. The molecule has 0 fully saturated rings. The van der Waals surface area contributed by atoms with Crippen LogP contribution in [0.1, 0.15) is 11.1 Å². The summed E-state index contributed by atoms with van der Waals surface area (Å²) in [4.78, 5) is 23.4. The van der Waals surface area contributed by atoms with E-state index in [-0.39, 0.29) is 12.6 Å². The van der Waals surface area contributed by atoms with E-state index in [1.54, 1.807) is 0 Å². The monoisotopic (exact) mass is 296 g/mol. The van der Waals surface area contributed by atoms with Gasteiger partial charge in [-0.25, -0.2) is 4.79 Å². The quantitative estimate of drug-likeness (QED) is 0.492. The molecule has 0 aromatic heterocycles. The third-order valence-electron chi connectivity index (χ3n) is 3.30. The Labute approximate surface area is 126 Å². The molecule has 1 aliphatic rings. The van der Waals surface area contributed by atoms with E-state index in [1.165, 1.54) is 0 Å². The van der Waals surface area contributed by atoms with Crippen molar-refractivity contribution in [1.29, 1.82) is 0 Å². The van der Waals surface area contributed by atoms with Crippen molar-refractivity contribution in [2.45, 2.75) is 4.90 Å². The zero-order chi connectivity index (χ0) is 14.7. The molecular weight excluding hydrogens is 284 g/mol. The second-order valence-electron chi connectivity index (χ2n) is 4.53. The van der Waals surface area contributed by atoms with Crippen LogP contribution < -0.4 is 0 Å². The van der Waals surface area contributed by atoms with E-state index < -0.39 is 0 Å². The highest BCUT2D eigenvalue weighted by molar-refractivity contribution is 8.11. The van der Waals surface area contributed by atoms with E-state index in [4.69, 9.17) is 4.74 Å². The lowest BCUT2D eigenvalue weighted by Crippen LogP contribution is -1.98. The highest BCUT2D eigenvalue weighted by Crippen LogP contribution is 2.33. The number of esters is 1. The normalized spacial score (nSPS) is 14.2. The standard InChI is InChI=1S/C17H12O3S/c18-11-21-14-8-6-12(7-9-14)15-10-20-17(19)16(15)13-4-2-1-3-5-13/h1-9,11H,10H2. The minimum absolute atomic E-state index is 0.281. The molecule has 0 aliphatic carbocycles. The number of benzene rings is 2. The van der Waals surface area contributed by atoms with Crippen molar-refractivity contribution < 1.29 is 14.3 Å². The van der Waals surface area contributed by atoms with Gasteiger partial charge in [0.15, 0.2) is 5.62 Å². The van der Waals surface area contributed by atoms with Crippen LogP contribution in [0.2, 0.25) is 0 Å². The fraction of sp³-hybridized carbons (Fsp3) is 0.0588. The first kappa shape index (κ1) is 13.6. The van der Waals surface area contributed by atoms with Crippen LogP contribution in [0.25, 0.3) is 11.1 Å². The van der Waals surface area contributed by atoms with Gasteiger partial charge in [0.05, 0.1) is 5.57 Å². The Bertz CT molecular complexity index is 703. The van der Waals surface area contributed by atoms with Gasteiger partial charge in [0, 0.05) is 10.5 Å². The van der Waals surface area contributed by atoms with E-state index in [2.05, 4.69) is 0 Å². The van der Waals surface area contributed by atoms with Crippen molar-refractivity contribution in [2.75, 3.05) is 6.61 Å². The number of rotatable bonds is 4. The molecule has 0 atom stereocenters. The van der Waals surface area contributed by atoms with Gasteiger partial charge in [-0.3, -0.25) is 4.79 Å². The lowest BCUT2D eigenvalue weighted by molar-refractivity contribution is -0.133. The number of cyclic esters (lactones) is 1. The van der Waals surface area contributed by atoms with Gasteiger partial charge in [-0.05, 0) is 23.3 Å². The van der Waals surface area contributed by atoms with Gasteiger partial charge in [0.1, 0.15) is 6.61 Å². The van der Waals surface area contributed by atoms with Crippen LogP contribution in [-0.2, 0) is 14.3 Å². The molecule has 2 aromatic rings. The van der Waals surface area contributed by atoms with Crippen LogP contribution in [0.4, 0.5) is 0 Å². The zero-order valence-corrected chi connectivity index (χ0v) is 11.9. The van der Waals surface area contributed by atoms with E-state index in [0.29, 0.717) is 5.57 Å². The summed E-state index contributed by atoms with van der Waals surface area (Å²) in [7, 11) is 0. The summed E-state index contributed by atoms with van der Waals surface area (Å²) in [5.41, 5.74) is 4.10. The van der Waals surface area contributed by atoms with Crippen LogP contribution in [0.3, 0.4) is 0 Å². The van der Waals surface area contributed by atoms with Crippen molar-refractivity contribution in [3.05, 3.63) is 65.7 Å². The molecule has 3 nitrogen and oxygen atoms in total. The van der Waals surface area contributed by atoms with Crippen LogP contribution >= 0.6 is 11.8 Å². The van der Waals surface area contributed by atoms with E-state index in [9.17, 15) is 9.59 Å². The lowest BCUT2D eigenvalue weighted by atomic mass is 9.97. The number of carbonyl (C=O) groups is 2. The summed E-state index contributed by atoms with van der Waals surface area (Å²) in [6, 6.07) is 17.1. The maximum atomic E-state index is 12.0. The number of thioether (sulfide) groups is 1. The molecule has 0 N–H and O–H groups in total. The Hall–Kier alpha value is -2.33. The van der Waals surface area contributed by atoms with Crippen LogP contribution in [-0.4, -0.2) is 18.2 Å². The summed E-state index contributed by atoms with van der Waals surface area (Å²) in [5, 5.41) is 0. The fourth-order valence-corrected chi connectivity index (χ4v) is 2.72. The summed E-state index contributed by atoms with van der Waals surface area (Å²) in [5.74, 6) is -0.289. The molecule has 3 rings (SSSR count). The Morgan fingerprint density at radius 3 is 2.33 bits per heavy atom. The molecule has 1 heterocycles. The Balaban J connectivity index is 2.04. The molecule has 0 saturated carbocycles. The molecular formula is C17H12O3S. The van der Waals surface area contributed by atoms with Gasteiger partial charge in [-0.1, -0.05) is 54.2 Å². The molecule has 104 valence electrons. The third-order valence-corrected chi connectivity index (χ3v) is 3.94. The number of ether oxygens (including phenoxy) is 1. The molecule has 4 heteroatoms. The molecule has 1 aliphatic heterocycles. The molecule has 0 saturated heterocycles. The molecule has 0 unspecified atom stereocenters. The van der Waals surface area contributed by atoms with Crippen molar-refractivity contribution in [3.8, 4) is 0 Å². The van der Waals surface area contributed by atoms with E-state index in [0.717, 1.165) is 39.0 Å². The first-order valence-corrected chi connectivity index (χ1v) is 7.34. The second-order valence-corrected chi connectivity index (χ2v) is 5.43. The maximum Gasteiger partial charge on any atom is 0.339 e.